The van der Waals surface area contributed by atoms with E-state index in [-0.39, 0.29) is 34.8 Å². The molecule has 2 aliphatic rings. The number of methoxy groups -OCH3 is 1. The van der Waals surface area contributed by atoms with Crippen molar-refractivity contribution < 1.29 is 19.7 Å². The zero-order valence-electron chi connectivity index (χ0n) is 20.8. The Balaban J connectivity index is 1.74. The van der Waals surface area contributed by atoms with Gasteiger partial charge in [-0.3, -0.25) is 0 Å². The molecule has 0 aromatic heterocycles. The van der Waals surface area contributed by atoms with Gasteiger partial charge in [0.1, 0.15) is 11.5 Å². The number of hydrogen-bond donors (Lipinski definition) is 2. The maximum atomic E-state index is 11.7. The lowest BCUT2D eigenvalue weighted by atomic mass is 9.50. The third-order valence-electron chi connectivity index (χ3n) is 7.98. The molecule has 0 amide bonds. The van der Waals surface area contributed by atoms with E-state index >= 15 is 0 Å². The zero-order chi connectivity index (χ0) is 24.7. The molecular formula is C30H36O4. The lowest BCUT2D eigenvalue weighted by Gasteiger charge is -2.58. The first-order chi connectivity index (χ1) is 16.1. The molecule has 0 unspecified atom stereocenters. The molecule has 6 atom stereocenters. The van der Waals surface area contributed by atoms with Gasteiger partial charge in [0, 0.05) is 23.7 Å². The first-order valence-corrected chi connectivity index (χ1v) is 12.0. The van der Waals surface area contributed by atoms with Crippen LogP contribution < -0.4 is 4.74 Å². The number of terminal acetylenes is 1. The number of hydrogen-bond acceptors (Lipinski definition) is 4. The molecule has 2 aromatic rings. The van der Waals surface area contributed by atoms with Crippen molar-refractivity contribution in [3.63, 3.8) is 0 Å². The first kappa shape index (κ1) is 24.4. The summed E-state index contributed by atoms with van der Waals surface area (Å²) >= 11 is 0. The monoisotopic (exact) mass is 460 g/mol. The Morgan fingerprint density at radius 2 is 1.71 bits per heavy atom. The van der Waals surface area contributed by atoms with E-state index in [9.17, 15) is 10.2 Å². The van der Waals surface area contributed by atoms with E-state index in [2.05, 4.69) is 39.7 Å². The predicted octanol–water partition coefficient (Wildman–Crippen LogP) is 5.69. The number of phenols is 1. The molecule has 2 aliphatic carbocycles. The van der Waals surface area contributed by atoms with Crippen molar-refractivity contribution in [1.29, 1.82) is 0 Å². The summed E-state index contributed by atoms with van der Waals surface area (Å²) in [6, 6.07) is 15.2. The van der Waals surface area contributed by atoms with Crippen molar-refractivity contribution in [3.8, 4) is 23.8 Å². The minimum absolute atomic E-state index is 0.00261. The number of ether oxygens (including phenoxy) is 2. The van der Waals surface area contributed by atoms with Gasteiger partial charge in [0.05, 0.1) is 25.4 Å². The Kier molecular flexibility index (Phi) is 6.55. The first-order valence-electron chi connectivity index (χ1n) is 12.0. The van der Waals surface area contributed by atoms with Crippen LogP contribution in [-0.2, 0) is 11.3 Å². The molecule has 4 nitrogen and oxygen atoms in total. The van der Waals surface area contributed by atoms with E-state index in [1.807, 2.05) is 36.4 Å². The molecule has 0 spiro atoms. The molecule has 0 saturated heterocycles. The van der Waals surface area contributed by atoms with Gasteiger partial charge in [-0.1, -0.05) is 55.7 Å². The standard InChI is InChI=1S/C30H36O4/c1-7-24-19(2)16-25-27(26(24)21-10-12-22(31)13-11-21)28(32)29(3,4)18-30(25,5)34-17-20-8-14-23(33-6)15-9-20/h1,8-16,24-28,31-32H,17-18H2,2-6H3/t24-,25+,26-,27-,28-,30-/m1/s1. The third kappa shape index (κ3) is 4.35. The van der Waals surface area contributed by atoms with Crippen molar-refractivity contribution in [1.82, 2.24) is 0 Å². The highest BCUT2D eigenvalue weighted by Gasteiger charge is 2.58. The number of benzene rings is 2. The van der Waals surface area contributed by atoms with Crippen LogP contribution in [0.4, 0.5) is 0 Å². The van der Waals surface area contributed by atoms with Gasteiger partial charge in [0.25, 0.3) is 0 Å². The van der Waals surface area contributed by atoms with E-state index < -0.39 is 11.7 Å². The smallest absolute Gasteiger partial charge is 0.118 e. The molecule has 2 aromatic carbocycles. The molecule has 2 N–H and O–H groups in total. The van der Waals surface area contributed by atoms with Gasteiger partial charge in [-0.05, 0) is 61.1 Å². The van der Waals surface area contributed by atoms with Crippen LogP contribution in [0.2, 0.25) is 0 Å². The minimum atomic E-state index is -0.547. The summed E-state index contributed by atoms with van der Waals surface area (Å²) in [5, 5.41) is 21.5. The van der Waals surface area contributed by atoms with E-state index in [1.54, 1.807) is 19.2 Å². The summed E-state index contributed by atoms with van der Waals surface area (Å²) in [6.07, 6.45) is 8.48. The highest BCUT2D eigenvalue weighted by Crippen LogP contribution is 2.58. The fraction of sp³-hybridized carbons (Fsp3) is 0.467. The molecule has 34 heavy (non-hydrogen) atoms. The Labute approximate surface area is 203 Å². The lowest BCUT2D eigenvalue weighted by Crippen LogP contribution is -2.60. The van der Waals surface area contributed by atoms with Gasteiger partial charge in [0.15, 0.2) is 0 Å². The molecule has 1 fully saturated rings. The number of aromatic hydroxyl groups is 1. The molecular weight excluding hydrogens is 424 g/mol. The molecule has 4 rings (SSSR count). The Morgan fingerprint density at radius 1 is 1.06 bits per heavy atom. The molecule has 1 saturated carbocycles. The van der Waals surface area contributed by atoms with Crippen LogP contribution in [0.15, 0.2) is 60.2 Å². The summed E-state index contributed by atoms with van der Waals surface area (Å²) in [6.45, 7) is 8.98. The Morgan fingerprint density at radius 3 is 2.29 bits per heavy atom. The van der Waals surface area contributed by atoms with Crippen molar-refractivity contribution in [2.45, 2.75) is 58.3 Å². The quantitative estimate of drug-likeness (QED) is 0.444. The molecule has 4 heteroatoms. The molecule has 180 valence electrons. The topological polar surface area (TPSA) is 58.9 Å². The number of rotatable bonds is 5. The number of aliphatic hydroxyl groups is 1. The van der Waals surface area contributed by atoms with E-state index in [0.717, 1.165) is 28.9 Å². The minimum Gasteiger partial charge on any atom is -0.508 e. The molecule has 0 heterocycles. The van der Waals surface area contributed by atoms with Gasteiger partial charge in [-0.2, -0.15) is 0 Å². The number of allylic oxidation sites excluding steroid dienone is 1. The summed E-state index contributed by atoms with van der Waals surface area (Å²) in [5.74, 6) is 3.73. The second kappa shape index (κ2) is 9.13. The normalized spacial score (nSPS) is 32.3. The maximum Gasteiger partial charge on any atom is 0.118 e. The van der Waals surface area contributed by atoms with Crippen molar-refractivity contribution in [2.24, 2.45) is 23.2 Å². The summed E-state index contributed by atoms with van der Waals surface area (Å²) in [5.41, 5.74) is 2.41. The molecule has 0 radical (unpaired) electrons. The number of aliphatic hydroxyl groups excluding tert-OH is 1. The highest BCUT2D eigenvalue weighted by atomic mass is 16.5. The number of phenolic OH excluding ortho intramolecular Hbond substituents is 1. The van der Waals surface area contributed by atoms with Crippen LogP contribution in [0.5, 0.6) is 11.5 Å². The molecule has 0 bridgehead atoms. The van der Waals surface area contributed by atoms with Crippen LogP contribution in [0.25, 0.3) is 0 Å². The summed E-state index contributed by atoms with van der Waals surface area (Å²) in [7, 11) is 1.66. The fourth-order valence-electron chi connectivity index (χ4n) is 6.31. The van der Waals surface area contributed by atoms with Gasteiger partial charge in [-0.25, -0.2) is 0 Å². The van der Waals surface area contributed by atoms with E-state index in [1.165, 1.54) is 0 Å². The highest BCUT2D eigenvalue weighted by molar-refractivity contribution is 5.38. The third-order valence-corrected chi connectivity index (χ3v) is 7.98. The summed E-state index contributed by atoms with van der Waals surface area (Å²) in [4.78, 5) is 0. The Bertz CT molecular complexity index is 1080. The average molecular weight is 461 g/mol. The summed E-state index contributed by atoms with van der Waals surface area (Å²) < 4.78 is 12.0. The Hall–Kier alpha value is -2.74. The van der Waals surface area contributed by atoms with Crippen molar-refractivity contribution >= 4 is 0 Å². The maximum absolute atomic E-state index is 11.7. The van der Waals surface area contributed by atoms with Crippen LogP contribution >= 0.6 is 0 Å². The van der Waals surface area contributed by atoms with E-state index in [0.29, 0.717) is 6.61 Å². The van der Waals surface area contributed by atoms with Gasteiger partial charge in [0.2, 0.25) is 0 Å². The van der Waals surface area contributed by atoms with Crippen molar-refractivity contribution in [2.75, 3.05) is 7.11 Å². The zero-order valence-corrected chi connectivity index (χ0v) is 20.8. The van der Waals surface area contributed by atoms with Gasteiger partial charge >= 0.3 is 0 Å². The van der Waals surface area contributed by atoms with Gasteiger partial charge < -0.3 is 19.7 Å². The molecule has 0 aliphatic heterocycles. The van der Waals surface area contributed by atoms with Crippen LogP contribution in [0.3, 0.4) is 0 Å². The SMILES string of the molecule is C#C[C@@H]1C(C)=C[C@H]2[C@H]([C@@H]1c1ccc(O)cc1)[C@@H](O)C(C)(C)C[C@@]2(C)OCc1ccc(OC)cc1. The second-order valence-electron chi connectivity index (χ2n) is 10.8. The van der Waals surface area contributed by atoms with Crippen LogP contribution in [-0.4, -0.2) is 29.0 Å². The second-order valence-corrected chi connectivity index (χ2v) is 10.8. The van der Waals surface area contributed by atoms with E-state index in [4.69, 9.17) is 15.9 Å². The predicted molar refractivity (Wildman–Crippen MR) is 135 cm³/mol. The lowest BCUT2D eigenvalue weighted by molar-refractivity contribution is -0.189. The number of fused-ring (bicyclic) bond motifs is 1. The van der Waals surface area contributed by atoms with Gasteiger partial charge in [-0.15, -0.1) is 6.42 Å². The van der Waals surface area contributed by atoms with Crippen LogP contribution in [0.1, 0.15) is 51.2 Å². The van der Waals surface area contributed by atoms with Crippen molar-refractivity contribution in [3.05, 3.63) is 71.3 Å². The fourth-order valence-corrected chi connectivity index (χ4v) is 6.31. The largest absolute Gasteiger partial charge is 0.508 e. The van der Waals surface area contributed by atoms with Crippen LogP contribution in [0, 0.1) is 35.5 Å². The average Bonchev–Trinajstić information content (AvgIpc) is 2.81.